The second-order valence-corrected chi connectivity index (χ2v) is 4.16. The van der Waals surface area contributed by atoms with E-state index in [9.17, 15) is 0 Å². The Bertz CT molecular complexity index is 505. The topological polar surface area (TPSA) is 38.0 Å². The first kappa shape index (κ1) is 32.8. The summed E-state index contributed by atoms with van der Waals surface area (Å²) in [6.07, 6.45) is 9.19. The molecule has 1 N–H and O–H groups in total. The summed E-state index contributed by atoms with van der Waals surface area (Å²) in [5.41, 5.74) is 2.54. The van der Waals surface area contributed by atoms with E-state index in [0.29, 0.717) is 0 Å². The van der Waals surface area contributed by atoms with Gasteiger partial charge in [-0.1, -0.05) is 76.6 Å². The van der Waals surface area contributed by atoms with Crippen molar-refractivity contribution in [3.63, 3.8) is 0 Å². The molecule has 1 aromatic heterocycles. The molecule has 2 aromatic rings. The van der Waals surface area contributed by atoms with Gasteiger partial charge in [-0.3, -0.25) is 0 Å². The van der Waals surface area contributed by atoms with Gasteiger partial charge in [0.2, 0.25) is 0 Å². The summed E-state index contributed by atoms with van der Waals surface area (Å²) in [7, 11) is 1.00. The molecule has 0 fully saturated rings. The van der Waals surface area contributed by atoms with Crippen LogP contribution in [0.25, 0.3) is 6.08 Å². The first-order chi connectivity index (χ1) is 11.3. The van der Waals surface area contributed by atoms with E-state index in [1.165, 1.54) is 11.1 Å². The fraction of sp³-hybridized carbons (Fsp3) is 0.429. The van der Waals surface area contributed by atoms with Crippen molar-refractivity contribution in [2.75, 3.05) is 7.11 Å². The first-order valence-electron chi connectivity index (χ1n) is 8.47. The number of imidazole rings is 1. The van der Waals surface area contributed by atoms with Crippen molar-refractivity contribution in [3.8, 4) is 0 Å². The number of hydrogen-bond donors (Lipinski definition) is 1. The molecule has 4 heteroatoms. The third-order valence-electron chi connectivity index (χ3n) is 2.81. The average Bonchev–Trinajstić information content (AvgIpc) is 3.09. The molecule has 0 atom stereocenters. The van der Waals surface area contributed by atoms with Crippen molar-refractivity contribution >= 4 is 6.08 Å². The van der Waals surface area contributed by atoms with E-state index in [2.05, 4.69) is 59.8 Å². The van der Waals surface area contributed by atoms with Gasteiger partial charge >= 0.3 is 68.9 Å². The van der Waals surface area contributed by atoms with Gasteiger partial charge < -0.3 is 17.1 Å². The van der Waals surface area contributed by atoms with Crippen molar-refractivity contribution in [2.24, 2.45) is 0 Å². The Morgan fingerprint density at radius 1 is 1.04 bits per heavy atom. The number of aryl methyl sites for hydroxylation is 2. The number of nitrogens with zero attached hydrogens (tertiary/aromatic N) is 2. The molecule has 0 bridgehead atoms. The Morgan fingerprint density at radius 2 is 1.56 bits per heavy atom. The fourth-order valence-electron chi connectivity index (χ4n) is 1.80. The van der Waals surface area contributed by atoms with Gasteiger partial charge in [0.25, 0.3) is 0 Å². The number of hydrogen-bond acceptors (Lipinski definition) is 2. The number of benzene rings is 1. The SMILES string of the molecule is CC.CC.CCc1nccn1C/C=C/c1ccc(C)cc1.CO.[CH3-].[Cs+]. The largest absolute Gasteiger partial charge is 1.00 e. The van der Waals surface area contributed by atoms with Crippen LogP contribution in [0.2, 0.25) is 0 Å². The molecule has 0 amide bonds. The second-order valence-electron chi connectivity index (χ2n) is 4.16. The van der Waals surface area contributed by atoms with E-state index in [0.717, 1.165) is 25.9 Å². The summed E-state index contributed by atoms with van der Waals surface area (Å²) in [6.45, 7) is 13.1. The Morgan fingerprint density at radius 3 is 2.04 bits per heavy atom. The standard InChI is InChI=1S/C15H18N2.2C2H6.CH4O.CH3.Cs/c1-3-15-16-10-12-17(15)11-4-5-14-8-6-13(2)7-9-14;3*1-2;;/h4-10,12H,3,11H2,1-2H3;2*1-2H3;2H,1H3;1H3;/q;;;;-1;+1/b5-4+;;;;;. The van der Waals surface area contributed by atoms with Crippen molar-refractivity contribution in [1.82, 2.24) is 9.55 Å². The minimum absolute atomic E-state index is 0. The summed E-state index contributed by atoms with van der Waals surface area (Å²) in [5, 5.41) is 7.00. The Labute approximate surface area is 215 Å². The van der Waals surface area contributed by atoms with Crippen LogP contribution in [-0.4, -0.2) is 21.8 Å². The van der Waals surface area contributed by atoms with E-state index in [1.807, 2.05) is 40.1 Å². The maximum Gasteiger partial charge on any atom is 1.00 e. The molecular weight excluding hydrogens is 429 g/mol. The number of rotatable bonds is 4. The van der Waals surface area contributed by atoms with Crippen LogP contribution in [-0.2, 0) is 13.0 Å². The summed E-state index contributed by atoms with van der Waals surface area (Å²) in [4.78, 5) is 4.30. The van der Waals surface area contributed by atoms with Crippen LogP contribution in [0.15, 0.2) is 42.7 Å². The fourth-order valence-corrected chi connectivity index (χ4v) is 1.80. The van der Waals surface area contributed by atoms with E-state index < -0.39 is 0 Å². The zero-order chi connectivity index (χ0) is 18.1. The van der Waals surface area contributed by atoms with Gasteiger partial charge in [-0.15, -0.1) is 0 Å². The maximum absolute atomic E-state index is 7.00. The van der Waals surface area contributed by atoms with Crippen LogP contribution in [0.3, 0.4) is 0 Å². The number of aliphatic hydroxyl groups excluding tert-OH is 1. The monoisotopic (exact) mass is 466 g/mol. The molecule has 1 heterocycles. The maximum atomic E-state index is 7.00. The smallest absolute Gasteiger partial charge is 0.400 e. The molecule has 25 heavy (non-hydrogen) atoms. The van der Waals surface area contributed by atoms with Crippen LogP contribution in [0, 0.1) is 14.4 Å². The zero-order valence-corrected chi connectivity index (χ0v) is 24.2. The molecule has 0 saturated carbocycles. The summed E-state index contributed by atoms with van der Waals surface area (Å²) >= 11 is 0. The predicted molar refractivity (Wildman–Crippen MR) is 109 cm³/mol. The van der Waals surface area contributed by atoms with E-state index >= 15 is 0 Å². The molecule has 3 nitrogen and oxygen atoms in total. The normalized spacial score (nSPS) is 8.32. The first-order valence-corrected chi connectivity index (χ1v) is 8.47. The van der Waals surface area contributed by atoms with Gasteiger partial charge in [0.1, 0.15) is 5.82 Å². The Kier molecular flexibility index (Phi) is 31.7. The summed E-state index contributed by atoms with van der Waals surface area (Å²) in [6, 6.07) is 8.55. The number of allylic oxidation sites excluding steroid dienone is 1. The predicted octanol–water partition coefficient (Wildman–Crippen LogP) is 2.58. The molecule has 0 radical (unpaired) electrons. The van der Waals surface area contributed by atoms with Crippen molar-refractivity contribution in [2.45, 2.75) is 54.5 Å². The molecule has 0 spiro atoms. The molecule has 138 valence electrons. The third kappa shape index (κ3) is 15.0. The van der Waals surface area contributed by atoms with Crippen LogP contribution >= 0.6 is 0 Å². The molecule has 0 saturated heterocycles. The minimum Gasteiger partial charge on any atom is -0.400 e. The number of aromatic nitrogens is 2. The van der Waals surface area contributed by atoms with Crippen molar-refractivity contribution < 1.29 is 74.0 Å². The summed E-state index contributed by atoms with van der Waals surface area (Å²) in [5.74, 6) is 1.14. The Hall–Kier alpha value is 0.182. The van der Waals surface area contributed by atoms with Crippen LogP contribution in [0.1, 0.15) is 51.6 Å². The van der Waals surface area contributed by atoms with Crippen molar-refractivity contribution in [3.05, 3.63) is 67.1 Å². The van der Waals surface area contributed by atoms with E-state index in [4.69, 9.17) is 5.11 Å². The van der Waals surface area contributed by atoms with Gasteiger partial charge in [-0.05, 0) is 12.5 Å². The molecule has 2 rings (SSSR count). The average molecular weight is 466 g/mol. The van der Waals surface area contributed by atoms with E-state index in [-0.39, 0.29) is 76.3 Å². The molecule has 0 aliphatic carbocycles. The minimum atomic E-state index is 0. The molecule has 0 unspecified atom stereocenters. The molecule has 1 aromatic carbocycles. The van der Waals surface area contributed by atoms with Gasteiger partial charge in [0.05, 0.1) is 0 Å². The molecular formula is C21H37CsN2O. The Balaban J connectivity index is -0.000000250. The van der Waals surface area contributed by atoms with E-state index in [1.54, 1.807) is 0 Å². The molecule has 0 aliphatic rings. The van der Waals surface area contributed by atoms with Gasteiger partial charge in [-0.2, -0.15) is 0 Å². The molecule has 0 aliphatic heterocycles. The van der Waals surface area contributed by atoms with Crippen LogP contribution in [0.5, 0.6) is 0 Å². The third-order valence-corrected chi connectivity index (χ3v) is 2.81. The summed E-state index contributed by atoms with van der Waals surface area (Å²) < 4.78 is 2.17. The van der Waals surface area contributed by atoms with Crippen molar-refractivity contribution in [1.29, 1.82) is 0 Å². The van der Waals surface area contributed by atoms with Gasteiger partial charge in [-0.25, -0.2) is 4.98 Å². The van der Waals surface area contributed by atoms with Gasteiger partial charge in [0, 0.05) is 32.5 Å². The van der Waals surface area contributed by atoms with Gasteiger partial charge in [0.15, 0.2) is 0 Å². The number of aliphatic hydroxyl groups is 1. The second kappa shape index (κ2) is 24.2. The zero-order valence-electron chi connectivity index (χ0n) is 17.9. The quantitative estimate of drug-likeness (QED) is 0.704. The van der Waals surface area contributed by atoms with Crippen LogP contribution < -0.4 is 68.9 Å². The van der Waals surface area contributed by atoms with Crippen LogP contribution in [0.4, 0.5) is 0 Å².